The third-order valence-electron chi connectivity index (χ3n) is 4.57. The van der Waals surface area contributed by atoms with Gasteiger partial charge >= 0.3 is 11.9 Å². The summed E-state index contributed by atoms with van der Waals surface area (Å²) >= 11 is 5.86. The van der Waals surface area contributed by atoms with E-state index in [2.05, 4.69) is 4.99 Å². The molecule has 33 heavy (non-hydrogen) atoms. The van der Waals surface area contributed by atoms with Crippen LogP contribution in [0.5, 0.6) is 11.5 Å². The van der Waals surface area contributed by atoms with Crippen LogP contribution in [0.15, 0.2) is 77.4 Å². The molecule has 8 heteroatoms. The first-order chi connectivity index (χ1) is 15.9. The zero-order valence-electron chi connectivity index (χ0n) is 17.4. The lowest BCUT2D eigenvalue weighted by atomic mass is 10.1. The summed E-state index contributed by atoms with van der Waals surface area (Å²) in [5, 5.41) is 0.509. The van der Waals surface area contributed by atoms with Gasteiger partial charge in [-0.25, -0.2) is 19.0 Å². The second kappa shape index (κ2) is 9.67. The van der Waals surface area contributed by atoms with Gasteiger partial charge in [-0.15, -0.1) is 0 Å². The van der Waals surface area contributed by atoms with Crippen LogP contribution in [-0.4, -0.2) is 24.4 Å². The van der Waals surface area contributed by atoms with Crippen LogP contribution >= 0.6 is 11.6 Å². The monoisotopic (exact) mass is 465 g/mol. The molecular weight excluding hydrogens is 449 g/mol. The highest BCUT2D eigenvalue weighted by Gasteiger charge is 2.24. The first-order valence-electron chi connectivity index (χ1n) is 9.96. The maximum absolute atomic E-state index is 13.1. The van der Waals surface area contributed by atoms with Crippen molar-refractivity contribution >= 4 is 35.5 Å². The van der Waals surface area contributed by atoms with Gasteiger partial charge < -0.3 is 14.2 Å². The van der Waals surface area contributed by atoms with Gasteiger partial charge in [0.25, 0.3) is 0 Å². The summed E-state index contributed by atoms with van der Waals surface area (Å²) < 4.78 is 29.4. The van der Waals surface area contributed by atoms with E-state index in [4.69, 9.17) is 25.8 Å². The number of ether oxygens (including phenoxy) is 3. The van der Waals surface area contributed by atoms with Crippen LogP contribution in [0.4, 0.5) is 4.39 Å². The molecular formula is C25H17ClFNO5. The number of hydrogen-bond acceptors (Lipinski definition) is 6. The smallest absolute Gasteiger partial charge is 0.363 e. The van der Waals surface area contributed by atoms with Gasteiger partial charge in [0.2, 0.25) is 5.90 Å². The maximum atomic E-state index is 13.1. The van der Waals surface area contributed by atoms with Crippen molar-refractivity contribution in [3.63, 3.8) is 0 Å². The Morgan fingerprint density at radius 1 is 1.06 bits per heavy atom. The summed E-state index contributed by atoms with van der Waals surface area (Å²) in [7, 11) is 0. The van der Waals surface area contributed by atoms with E-state index in [0.717, 1.165) is 0 Å². The Balaban J connectivity index is 1.58. The molecule has 0 amide bonds. The Morgan fingerprint density at radius 3 is 2.48 bits per heavy atom. The lowest BCUT2D eigenvalue weighted by Gasteiger charge is -2.11. The molecule has 4 rings (SSSR count). The zero-order chi connectivity index (χ0) is 23.4. The zero-order valence-corrected chi connectivity index (χ0v) is 18.1. The van der Waals surface area contributed by atoms with Crippen molar-refractivity contribution in [1.82, 2.24) is 0 Å². The highest BCUT2D eigenvalue weighted by Crippen LogP contribution is 2.31. The van der Waals surface area contributed by atoms with Crippen LogP contribution in [0.25, 0.3) is 6.08 Å². The van der Waals surface area contributed by atoms with Gasteiger partial charge in [0.1, 0.15) is 5.82 Å². The molecule has 0 aromatic heterocycles. The molecule has 0 spiro atoms. The van der Waals surface area contributed by atoms with Gasteiger partial charge in [0.05, 0.1) is 12.2 Å². The number of carbonyl (C=O) groups excluding carboxylic acids is 2. The predicted octanol–water partition coefficient (Wildman–Crippen LogP) is 5.44. The van der Waals surface area contributed by atoms with Crippen molar-refractivity contribution in [3.05, 3.63) is 100.0 Å². The van der Waals surface area contributed by atoms with Crippen molar-refractivity contribution < 1.29 is 28.2 Å². The average molecular weight is 466 g/mol. The fourth-order valence-corrected chi connectivity index (χ4v) is 3.12. The maximum Gasteiger partial charge on any atom is 0.363 e. The molecule has 0 atom stereocenters. The number of hydrogen-bond donors (Lipinski definition) is 0. The fourth-order valence-electron chi connectivity index (χ4n) is 2.99. The number of halogens is 2. The van der Waals surface area contributed by atoms with Crippen LogP contribution < -0.4 is 9.47 Å². The van der Waals surface area contributed by atoms with Crippen molar-refractivity contribution in [2.45, 2.75) is 6.92 Å². The summed E-state index contributed by atoms with van der Waals surface area (Å²) in [5.74, 6) is -0.964. The molecule has 0 fully saturated rings. The third kappa shape index (κ3) is 5.27. The standard InChI is InChI=1S/C25H17ClFNO5/c1-2-31-22-14-15(3-12-21(22)32-24(29)17-4-8-18(26)9-5-17)13-20-25(30)33-23(28-20)16-6-10-19(27)11-7-16/h3-14H,2H2,1H3/b20-13+. The van der Waals surface area contributed by atoms with Crippen LogP contribution in [0.2, 0.25) is 5.02 Å². The SMILES string of the molecule is CCOc1cc(/C=C2/N=C(c3ccc(F)cc3)OC2=O)ccc1OC(=O)c1ccc(Cl)cc1. The van der Waals surface area contributed by atoms with Crippen LogP contribution in [0.3, 0.4) is 0 Å². The van der Waals surface area contributed by atoms with E-state index < -0.39 is 17.8 Å². The number of benzene rings is 3. The molecule has 0 bridgehead atoms. The molecule has 166 valence electrons. The number of rotatable bonds is 6. The number of esters is 2. The largest absolute Gasteiger partial charge is 0.490 e. The van der Waals surface area contributed by atoms with Crippen LogP contribution in [0, 0.1) is 5.82 Å². The van der Waals surface area contributed by atoms with Gasteiger partial charge in [-0.1, -0.05) is 17.7 Å². The van der Waals surface area contributed by atoms with Gasteiger partial charge in [-0.3, -0.25) is 0 Å². The quantitative estimate of drug-likeness (QED) is 0.275. The molecule has 1 aliphatic rings. The van der Waals surface area contributed by atoms with Crippen LogP contribution in [0.1, 0.15) is 28.4 Å². The van der Waals surface area contributed by atoms with E-state index in [1.807, 2.05) is 0 Å². The van der Waals surface area contributed by atoms with Gasteiger partial charge in [-0.2, -0.15) is 0 Å². The lowest BCUT2D eigenvalue weighted by Crippen LogP contribution is -2.09. The Kier molecular flexibility index (Phi) is 6.51. The minimum Gasteiger partial charge on any atom is -0.490 e. The molecule has 0 N–H and O–H groups in total. The highest BCUT2D eigenvalue weighted by atomic mass is 35.5. The Bertz CT molecular complexity index is 1270. The third-order valence-corrected chi connectivity index (χ3v) is 4.82. The van der Waals surface area contributed by atoms with Gasteiger partial charge in [-0.05, 0) is 79.2 Å². The summed E-state index contributed by atoms with van der Waals surface area (Å²) in [5.41, 5.74) is 1.47. The highest BCUT2D eigenvalue weighted by molar-refractivity contribution is 6.30. The second-order valence-electron chi connectivity index (χ2n) is 6.88. The minimum absolute atomic E-state index is 0.0719. The number of nitrogens with zero attached hydrogens (tertiary/aromatic N) is 1. The minimum atomic E-state index is -0.634. The summed E-state index contributed by atoms with van der Waals surface area (Å²) in [6, 6.07) is 16.6. The first kappa shape index (κ1) is 22.2. The van der Waals surface area contributed by atoms with Crippen molar-refractivity contribution in [3.8, 4) is 11.5 Å². The van der Waals surface area contributed by atoms with Gasteiger partial charge in [0, 0.05) is 10.6 Å². The van der Waals surface area contributed by atoms with E-state index in [1.54, 1.807) is 49.4 Å². The molecule has 0 aliphatic carbocycles. The van der Waals surface area contributed by atoms with Crippen molar-refractivity contribution in [2.24, 2.45) is 4.99 Å². The normalized spacial score (nSPS) is 14.1. The molecule has 1 heterocycles. The molecule has 3 aromatic carbocycles. The molecule has 0 radical (unpaired) electrons. The van der Waals surface area contributed by atoms with E-state index in [0.29, 0.717) is 34.1 Å². The summed E-state index contributed by atoms with van der Waals surface area (Å²) in [6.07, 6.45) is 1.52. The van der Waals surface area contributed by atoms with E-state index in [1.165, 1.54) is 30.3 Å². The molecule has 1 aliphatic heterocycles. The first-order valence-corrected chi connectivity index (χ1v) is 10.3. The molecule has 0 saturated carbocycles. The molecule has 0 unspecified atom stereocenters. The molecule has 0 saturated heterocycles. The van der Waals surface area contributed by atoms with Gasteiger partial charge in [0.15, 0.2) is 17.2 Å². The summed E-state index contributed by atoms with van der Waals surface area (Å²) in [4.78, 5) is 28.9. The predicted molar refractivity (Wildman–Crippen MR) is 121 cm³/mol. The Morgan fingerprint density at radius 2 is 1.79 bits per heavy atom. The second-order valence-corrected chi connectivity index (χ2v) is 7.31. The Labute approximate surface area is 193 Å². The summed E-state index contributed by atoms with van der Waals surface area (Å²) in [6.45, 7) is 2.13. The van der Waals surface area contributed by atoms with E-state index in [9.17, 15) is 14.0 Å². The number of cyclic esters (lactones) is 1. The molecule has 3 aromatic rings. The topological polar surface area (TPSA) is 74.2 Å². The van der Waals surface area contributed by atoms with Crippen LogP contribution in [-0.2, 0) is 9.53 Å². The average Bonchev–Trinajstić information content (AvgIpc) is 3.16. The number of aliphatic imine (C=N–C) groups is 1. The van der Waals surface area contributed by atoms with E-state index >= 15 is 0 Å². The lowest BCUT2D eigenvalue weighted by molar-refractivity contribution is -0.129. The Hall–Kier alpha value is -3.97. The fraction of sp³-hybridized carbons (Fsp3) is 0.0800. The van der Waals surface area contributed by atoms with Crippen molar-refractivity contribution in [2.75, 3.05) is 6.61 Å². The number of carbonyl (C=O) groups is 2. The molecule has 6 nitrogen and oxygen atoms in total. The van der Waals surface area contributed by atoms with E-state index in [-0.39, 0.29) is 17.3 Å². The van der Waals surface area contributed by atoms with Crippen molar-refractivity contribution in [1.29, 1.82) is 0 Å².